The van der Waals surface area contributed by atoms with Gasteiger partial charge in [-0.2, -0.15) is 9.59 Å². The van der Waals surface area contributed by atoms with Crippen LogP contribution >= 0.6 is 15.9 Å². The van der Waals surface area contributed by atoms with Crippen molar-refractivity contribution in [3.8, 4) is 5.75 Å². The summed E-state index contributed by atoms with van der Waals surface area (Å²) in [7, 11) is 0. The maximum atomic E-state index is 13.3. The van der Waals surface area contributed by atoms with Gasteiger partial charge in [0.2, 0.25) is 0 Å². The van der Waals surface area contributed by atoms with Gasteiger partial charge in [0.15, 0.2) is 0 Å². The average Bonchev–Trinajstić information content (AvgIpc) is 2.39. The highest BCUT2D eigenvalue weighted by molar-refractivity contribution is 9.10. The smallest absolute Gasteiger partial charge is 0.373 e. The normalized spacial score (nSPS) is 13.5. The summed E-state index contributed by atoms with van der Waals surface area (Å²) in [6.45, 7) is 8.12. The van der Waals surface area contributed by atoms with Gasteiger partial charge in [-0.3, -0.25) is 4.84 Å². The molecule has 0 saturated carbocycles. The monoisotopic (exact) mass is 363 g/mol. The van der Waals surface area contributed by atoms with Gasteiger partial charge >= 0.3 is 6.15 Å². The molecular weight excluding hydrogens is 345 g/mol. The minimum Gasteiger partial charge on any atom is -0.490 e. The van der Waals surface area contributed by atoms with Gasteiger partial charge in [-0.25, -0.2) is 10.3 Å². The average molecular weight is 364 g/mol. The molecule has 0 aliphatic rings. The van der Waals surface area contributed by atoms with Crippen molar-refractivity contribution >= 4 is 22.1 Å². The predicted molar refractivity (Wildman–Crippen MR) is 77.7 cm³/mol. The molecule has 0 heterocycles. The Morgan fingerprint density at radius 1 is 1.29 bits per heavy atom. The number of hydrogen-bond donors (Lipinski definition) is 1. The van der Waals surface area contributed by atoms with Crippen LogP contribution in [0.5, 0.6) is 5.75 Å². The Labute approximate surface area is 131 Å². The fourth-order valence-corrected chi connectivity index (χ4v) is 1.46. The standard InChI is InChI=1S/C13H19BrFNO2.CO2/c1-12(2,3)13(4,18-16)8-17-9-5-6-10(14)11(15)7-9;2-1-3/h5-7H,8,16H2,1-4H3;/t13-;/m0./s1. The molecule has 2 N–H and O–H groups in total. The Morgan fingerprint density at radius 3 is 2.19 bits per heavy atom. The summed E-state index contributed by atoms with van der Waals surface area (Å²) in [5, 5.41) is 0. The first kappa shape index (κ1) is 19.7. The largest absolute Gasteiger partial charge is 0.490 e. The summed E-state index contributed by atoms with van der Waals surface area (Å²) >= 11 is 3.09. The summed E-state index contributed by atoms with van der Waals surface area (Å²) in [6, 6.07) is 4.61. The molecule has 0 saturated heterocycles. The molecule has 7 heteroatoms. The molecule has 1 aromatic rings. The quantitative estimate of drug-likeness (QED) is 0.831. The lowest BCUT2D eigenvalue weighted by Crippen LogP contribution is -2.49. The molecule has 1 rings (SSSR count). The van der Waals surface area contributed by atoms with Crippen LogP contribution in [0, 0.1) is 11.2 Å². The maximum Gasteiger partial charge on any atom is 0.373 e. The van der Waals surface area contributed by atoms with Crippen LogP contribution in [0.15, 0.2) is 22.7 Å². The van der Waals surface area contributed by atoms with Gasteiger partial charge in [-0.15, -0.1) is 0 Å². The van der Waals surface area contributed by atoms with E-state index in [4.69, 9.17) is 25.1 Å². The second kappa shape index (κ2) is 8.24. The highest BCUT2D eigenvalue weighted by Crippen LogP contribution is 2.33. The van der Waals surface area contributed by atoms with Crippen LogP contribution in [0.4, 0.5) is 4.39 Å². The van der Waals surface area contributed by atoms with Gasteiger partial charge in [-0.1, -0.05) is 20.8 Å². The molecule has 0 spiro atoms. The third kappa shape index (κ3) is 5.93. The van der Waals surface area contributed by atoms with E-state index < -0.39 is 5.60 Å². The third-order valence-electron chi connectivity index (χ3n) is 3.25. The van der Waals surface area contributed by atoms with Crippen LogP contribution in [0.25, 0.3) is 0 Å². The Kier molecular flexibility index (Phi) is 7.74. The third-order valence-corrected chi connectivity index (χ3v) is 3.90. The van der Waals surface area contributed by atoms with Crippen LogP contribution in [-0.2, 0) is 14.4 Å². The summed E-state index contributed by atoms with van der Waals surface area (Å²) in [5.74, 6) is 5.43. The van der Waals surface area contributed by atoms with Crippen molar-refractivity contribution in [2.45, 2.75) is 33.3 Å². The van der Waals surface area contributed by atoms with E-state index >= 15 is 0 Å². The predicted octanol–water partition coefficient (Wildman–Crippen LogP) is 3.08. The topological polar surface area (TPSA) is 78.6 Å². The van der Waals surface area contributed by atoms with Crippen LogP contribution in [-0.4, -0.2) is 18.4 Å². The molecule has 0 aliphatic heterocycles. The maximum absolute atomic E-state index is 13.3. The lowest BCUT2D eigenvalue weighted by atomic mass is 9.78. The Balaban J connectivity index is 0.00000122. The van der Waals surface area contributed by atoms with E-state index in [-0.39, 0.29) is 24.0 Å². The van der Waals surface area contributed by atoms with Crippen molar-refractivity contribution < 1.29 is 23.6 Å². The molecule has 0 bridgehead atoms. The first-order valence-electron chi connectivity index (χ1n) is 6.06. The minimum atomic E-state index is -0.656. The number of ether oxygens (including phenoxy) is 1. The van der Waals surface area contributed by atoms with E-state index in [2.05, 4.69) is 15.9 Å². The first-order chi connectivity index (χ1) is 9.61. The van der Waals surface area contributed by atoms with E-state index in [1.807, 2.05) is 27.7 Å². The number of hydrogen-bond acceptors (Lipinski definition) is 5. The van der Waals surface area contributed by atoms with Gasteiger partial charge in [-0.05, 0) is 40.4 Å². The van der Waals surface area contributed by atoms with Crippen molar-refractivity contribution in [2.24, 2.45) is 11.3 Å². The second-order valence-electron chi connectivity index (χ2n) is 5.55. The van der Waals surface area contributed by atoms with Crippen LogP contribution < -0.4 is 10.6 Å². The van der Waals surface area contributed by atoms with E-state index in [0.29, 0.717) is 10.2 Å². The minimum absolute atomic E-state index is 0.199. The summed E-state index contributed by atoms with van der Waals surface area (Å²) in [6.07, 6.45) is 0.250. The molecule has 21 heavy (non-hydrogen) atoms. The fraction of sp³-hybridized carbons (Fsp3) is 0.500. The summed E-state index contributed by atoms with van der Waals surface area (Å²) in [5.41, 5.74) is -0.855. The Bertz CT molecular complexity index is 498. The lowest BCUT2D eigenvalue weighted by Gasteiger charge is -2.39. The number of halogens is 2. The molecule has 0 fully saturated rings. The van der Waals surface area contributed by atoms with Crippen molar-refractivity contribution in [2.75, 3.05) is 6.61 Å². The van der Waals surface area contributed by atoms with Crippen molar-refractivity contribution in [3.05, 3.63) is 28.5 Å². The molecule has 1 aromatic carbocycles. The molecule has 1 atom stereocenters. The molecule has 0 aliphatic carbocycles. The zero-order chi connectivity index (χ0) is 16.7. The molecule has 0 aromatic heterocycles. The summed E-state index contributed by atoms with van der Waals surface area (Å²) in [4.78, 5) is 21.3. The number of carbonyl (C=O) groups excluding carboxylic acids is 2. The van der Waals surface area contributed by atoms with E-state index in [9.17, 15) is 4.39 Å². The van der Waals surface area contributed by atoms with Crippen molar-refractivity contribution in [1.29, 1.82) is 0 Å². The fourth-order valence-electron chi connectivity index (χ4n) is 1.21. The highest BCUT2D eigenvalue weighted by atomic mass is 79.9. The molecule has 5 nitrogen and oxygen atoms in total. The van der Waals surface area contributed by atoms with Gasteiger partial charge in [0.25, 0.3) is 0 Å². The number of benzene rings is 1. The number of rotatable bonds is 4. The van der Waals surface area contributed by atoms with Crippen molar-refractivity contribution in [3.63, 3.8) is 0 Å². The van der Waals surface area contributed by atoms with Crippen molar-refractivity contribution in [1.82, 2.24) is 0 Å². The van der Waals surface area contributed by atoms with Gasteiger partial charge in [0.05, 0.1) is 4.47 Å². The van der Waals surface area contributed by atoms with E-state index in [1.54, 1.807) is 12.1 Å². The van der Waals surface area contributed by atoms with Crippen LogP contribution in [0.1, 0.15) is 27.7 Å². The first-order valence-corrected chi connectivity index (χ1v) is 6.85. The van der Waals surface area contributed by atoms with Gasteiger partial charge in [0, 0.05) is 6.07 Å². The van der Waals surface area contributed by atoms with E-state index in [0.717, 1.165) is 0 Å². The second-order valence-corrected chi connectivity index (χ2v) is 6.40. The zero-order valence-electron chi connectivity index (χ0n) is 12.4. The molecule has 0 unspecified atom stereocenters. The number of nitrogens with two attached hydrogens (primary N) is 1. The molecule has 118 valence electrons. The lowest BCUT2D eigenvalue weighted by molar-refractivity contribution is -0.191. The van der Waals surface area contributed by atoms with Gasteiger partial charge in [0.1, 0.15) is 23.8 Å². The summed E-state index contributed by atoms with van der Waals surface area (Å²) < 4.78 is 19.3. The Hall–Kier alpha value is -1.27. The van der Waals surface area contributed by atoms with Crippen LogP contribution in [0.3, 0.4) is 0 Å². The van der Waals surface area contributed by atoms with E-state index in [1.165, 1.54) is 6.07 Å². The zero-order valence-corrected chi connectivity index (χ0v) is 14.0. The van der Waals surface area contributed by atoms with Crippen LogP contribution in [0.2, 0.25) is 0 Å². The SMILES string of the molecule is CC(C)(C)[C@](C)(COc1ccc(Br)c(F)c1)ON.O=C=O. The molecule has 0 radical (unpaired) electrons. The molecule has 0 amide bonds. The van der Waals surface area contributed by atoms with Gasteiger partial charge < -0.3 is 4.74 Å². The Morgan fingerprint density at radius 2 is 1.81 bits per heavy atom. The highest BCUT2D eigenvalue weighted by Gasteiger charge is 2.39. The molecular formula is C14H19BrFNO4.